The molecule has 0 spiro atoms. The molecule has 0 bridgehead atoms. The number of carboxylic acids is 1. The number of aromatic nitrogens is 1. The molecule has 1 amide bonds. The summed E-state index contributed by atoms with van der Waals surface area (Å²) >= 11 is 0. The minimum absolute atomic E-state index is 0.0711. The topological polar surface area (TPSA) is 92.4 Å². The van der Waals surface area contributed by atoms with Crippen LogP contribution >= 0.6 is 0 Å². The first-order valence-corrected chi connectivity index (χ1v) is 6.06. The van der Waals surface area contributed by atoms with Gasteiger partial charge in [-0.2, -0.15) is 0 Å². The van der Waals surface area contributed by atoms with Crippen LogP contribution in [0.5, 0.6) is 0 Å². The Hall–Kier alpha value is -2.63. The normalized spacial score (nSPS) is 11.8. The molecular weight excluding hydrogens is 260 g/mol. The number of hydrogen-bond acceptors (Lipinski definition) is 4. The summed E-state index contributed by atoms with van der Waals surface area (Å²) in [6.45, 7) is 1.61. The van der Waals surface area contributed by atoms with Crippen LogP contribution < -0.4 is 5.32 Å². The average molecular weight is 274 g/mol. The maximum Gasteiger partial charge on any atom is 0.326 e. The Kier molecular flexibility index (Phi) is 4.14. The second kappa shape index (κ2) is 6.01. The van der Waals surface area contributed by atoms with Crippen molar-refractivity contribution in [2.45, 2.75) is 19.4 Å². The SMILES string of the molecule is Cc1nc(C(=O)N[C@H](Cc2ccccc2)C(=O)O)co1. The molecule has 2 rings (SSSR count). The molecule has 0 fully saturated rings. The van der Waals surface area contributed by atoms with Gasteiger partial charge in [0.1, 0.15) is 12.3 Å². The van der Waals surface area contributed by atoms with Crippen molar-refractivity contribution in [2.24, 2.45) is 0 Å². The van der Waals surface area contributed by atoms with E-state index < -0.39 is 17.9 Å². The fourth-order valence-corrected chi connectivity index (χ4v) is 1.75. The number of amides is 1. The minimum atomic E-state index is -1.09. The Balaban J connectivity index is 2.06. The lowest BCUT2D eigenvalue weighted by atomic mass is 10.1. The summed E-state index contributed by atoms with van der Waals surface area (Å²) in [6, 6.07) is 8.08. The average Bonchev–Trinajstić information content (AvgIpc) is 2.86. The highest BCUT2D eigenvalue weighted by Gasteiger charge is 2.22. The monoisotopic (exact) mass is 274 g/mol. The van der Waals surface area contributed by atoms with Gasteiger partial charge in [-0.05, 0) is 5.56 Å². The van der Waals surface area contributed by atoms with Gasteiger partial charge < -0.3 is 14.8 Å². The van der Waals surface area contributed by atoms with E-state index >= 15 is 0 Å². The van der Waals surface area contributed by atoms with Crippen LogP contribution in [0, 0.1) is 6.92 Å². The van der Waals surface area contributed by atoms with Gasteiger partial charge in [0.25, 0.3) is 5.91 Å². The minimum Gasteiger partial charge on any atom is -0.480 e. The lowest BCUT2D eigenvalue weighted by Crippen LogP contribution is -2.42. The molecule has 0 unspecified atom stereocenters. The van der Waals surface area contributed by atoms with E-state index in [-0.39, 0.29) is 12.1 Å². The Morgan fingerprint density at radius 2 is 2.05 bits per heavy atom. The van der Waals surface area contributed by atoms with Gasteiger partial charge in [-0.3, -0.25) is 4.79 Å². The number of rotatable bonds is 5. The summed E-state index contributed by atoms with van der Waals surface area (Å²) < 4.78 is 4.93. The van der Waals surface area contributed by atoms with Gasteiger partial charge in [-0.1, -0.05) is 30.3 Å². The van der Waals surface area contributed by atoms with Crippen molar-refractivity contribution in [3.05, 3.63) is 53.7 Å². The number of hydrogen-bond donors (Lipinski definition) is 2. The first-order valence-electron chi connectivity index (χ1n) is 6.06. The van der Waals surface area contributed by atoms with Crippen molar-refractivity contribution in [1.82, 2.24) is 10.3 Å². The zero-order valence-electron chi connectivity index (χ0n) is 10.9. The fourth-order valence-electron chi connectivity index (χ4n) is 1.75. The lowest BCUT2D eigenvalue weighted by Gasteiger charge is -2.13. The van der Waals surface area contributed by atoms with Crippen molar-refractivity contribution in [1.29, 1.82) is 0 Å². The predicted molar refractivity (Wildman–Crippen MR) is 70.3 cm³/mol. The molecule has 2 N–H and O–H groups in total. The van der Waals surface area contributed by atoms with Gasteiger partial charge in [0.05, 0.1) is 0 Å². The summed E-state index contributed by atoms with van der Waals surface area (Å²) in [5.74, 6) is -1.31. The molecule has 1 heterocycles. The molecule has 0 radical (unpaired) electrons. The first-order chi connectivity index (χ1) is 9.56. The third kappa shape index (κ3) is 3.44. The quantitative estimate of drug-likeness (QED) is 0.860. The Morgan fingerprint density at radius 3 is 2.60 bits per heavy atom. The maximum atomic E-state index is 11.9. The predicted octanol–water partition coefficient (Wildman–Crippen LogP) is 1.41. The van der Waals surface area contributed by atoms with E-state index in [2.05, 4.69) is 10.3 Å². The number of nitrogens with one attached hydrogen (secondary N) is 1. The number of oxazole rings is 1. The maximum absolute atomic E-state index is 11.9. The Morgan fingerprint density at radius 1 is 1.35 bits per heavy atom. The van der Waals surface area contributed by atoms with Crippen LogP contribution in [0.25, 0.3) is 0 Å². The molecule has 6 heteroatoms. The van der Waals surface area contributed by atoms with Gasteiger partial charge in [0, 0.05) is 13.3 Å². The Labute approximate surface area is 115 Å². The van der Waals surface area contributed by atoms with Gasteiger partial charge in [0.2, 0.25) is 0 Å². The number of nitrogens with zero attached hydrogens (tertiary/aromatic N) is 1. The molecule has 2 aromatic rings. The number of aryl methyl sites for hydroxylation is 1. The summed E-state index contributed by atoms with van der Waals surface area (Å²) in [5.41, 5.74) is 0.901. The molecule has 104 valence electrons. The molecule has 0 aliphatic heterocycles. The van der Waals surface area contributed by atoms with E-state index in [1.165, 1.54) is 6.26 Å². The molecule has 0 saturated heterocycles. The van der Waals surface area contributed by atoms with Crippen molar-refractivity contribution in [3.63, 3.8) is 0 Å². The molecule has 20 heavy (non-hydrogen) atoms. The fraction of sp³-hybridized carbons (Fsp3) is 0.214. The number of carbonyl (C=O) groups excluding carboxylic acids is 1. The smallest absolute Gasteiger partial charge is 0.326 e. The van der Waals surface area contributed by atoms with Gasteiger partial charge >= 0.3 is 5.97 Å². The van der Waals surface area contributed by atoms with E-state index in [0.717, 1.165) is 5.56 Å². The van der Waals surface area contributed by atoms with Gasteiger partial charge in [-0.15, -0.1) is 0 Å². The summed E-state index contributed by atoms with van der Waals surface area (Å²) in [4.78, 5) is 26.9. The van der Waals surface area contributed by atoms with Gasteiger partial charge in [0.15, 0.2) is 11.6 Å². The molecule has 1 atom stereocenters. The number of benzene rings is 1. The molecule has 1 aromatic heterocycles. The highest BCUT2D eigenvalue weighted by molar-refractivity contribution is 5.94. The van der Waals surface area contributed by atoms with Crippen LogP contribution in [0.4, 0.5) is 0 Å². The summed E-state index contributed by atoms with van der Waals surface area (Å²) in [7, 11) is 0. The van der Waals surface area contributed by atoms with Crippen molar-refractivity contribution in [3.8, 4) is 0 Å². The molecule has 6 nitrogen and oxygen atoms in total. The standard InChI is InChI=1S/C14H14N2O4/c1-9-15-12(8-20-9)13(17)16-11(14(18)19)7-10-5-3-2-4-6-10/h2-6,8,11H,7H2,1H3,(H,16,17)(H,18,19)/t11-/m1/s1. The Bertz CT molecular complexity index is 607. The summed E-state index contributed by atoms with van der Waals surface area (Å²) in [6.07, 6.45) is 1.41. The van der Waals surface area contributed by atoms with Crippen LogP contribution in [-0.4, -0.2) is 28.0 Å². The highest BCUT2D eigenvalue weighted by Crippen LogP contribution is 2.05. The molecular formula is C14H14N2O4. The second-order valence-electron chi connectivity index (χ2n) is 4.31. The van der Waals surface area contributed by atoms with Crippen molar-refractivity contribution < 1.29 is 19.1 Å². The van der Waals surface area contributed by atoms with Crippen molar-refractivity contribution >= 4 is 11.9 Å². The molecule has 0 aliphatic carbocycles. The van der Waals surface area contributed by atoms with E-state index in [1.807, 2.05) is 30.3 Å². The highest BCUT2D eigenvalue weighted by atomic mass is 16.4. The van der Waals surface area contributed by atoms with E-state index in [9.17, 15) is 14.7 Å². The molecule has 1 aromatic carbocycles. The van der Waals surface area contributed by atoms with Crippen LogP contribution in [0.3, 0.4) is 0 Å². The number of aliphatic carboxylic acids is 1. The zero-order chi connectivity index (χ0) is 14.5. The zero-order valence-corrected chi connectivity index (χ0v) is 10.9. The largest absolute Gasteiger partial charge is 0.480 e. The van der Waals surface area contributed by atoms with Crippen molar-refractivity contribution in [2.75, 3.05) is 0 Å². The summed E-state index contributed by atoms with van der Waals surface area (Å²) in [5, 5.41) is 11.6. The van der Waals surface area contributed by atoms with Crippen LogP contribution in [0.2, 0.25) is 0 Å². The number of carbonyl (C=O) groups is 2. The third-order valence-corrected chi connectivity index (χ3v) is 2.74. The van der Waals surface area contributed by atoms with E-state index in [0.29, 0.717) is 5.89 Å². The molecule has 0 saturated carbocycles. The first kappa shape index (κ1) is 13.8. The van der Waals surface area contributed by atoms with Gasteiger partial charge in [-0.25, -0.2) is 9.78 Å². The lowest BCUT2D eigenvalue weighted by molar-refractivity contribution is -0.139. The third-order valence-electron chi connectivity index (χ3n) is 2.74. The van der Waals surface area contributed by atoms with Crippen LogP contribution in [0.15, 0.2) is 41.0 Å². The molecule has 0 aliphatic rings. The second-order valence-corrected chi connectivity index (χ2v) is 4.31. The van der Waals surface area contributed by atoms with E-state index in [4.69, 9.17) is 4.42 Å². The van der Waals surface area contributed by atoms with Crippen LogP contribution in [0.1, 0.15) is 21.9 Å². The number of carboxylic acid groups (broad SMARTS) is 1. The van der Waals surface area contributed by atoms with Crippen LogP contribution in [-0.2, 0) is 11.2 Å². The van der Waals surface area contributed by atoms with E-state index in [1.54, 1.807) is 6.92 Å².